The maximum Gasteiger partial charge on any atom is 0.411 e. The molecule has 0 bridgehead atoms. The smallest absolute Gasteiger partial charge is 0.411 e. The van der Waals surface area contributed by atoms with Crippen molar-refractivity contribution in [2.24, 2.45) is 5.92 Å². The Kier molecular flexibility index (Phi) is 7.83. The predicted octanol–water partition coefficient (Wildman–Crippen LogP) is 5.33. The molecule has 8 nitrogen and oxygen atoms in total. The van der Waals surface area contributed by atoms with Crippen molar-refractivity contribution in [3.63, 3.8) is 0 Å². The number of amides is 1. The molecule has 2 aromatic rings. The van der Waals surface area contributed by atoms with Crippen molar-refractivity contribution >= 4 is 33.1 Å². The second-order valence-electron chi connectivity index (χ2n) is 9.71. The molecule has 0 aliphatic carbocycles. The summed E-state index contributed by atoms with van der Waals surface area (Å²) in [6.07, 6.45) is 2.64. The van der Waals surface area contributed by atoms with E-state index in [1.807, 2.05) is 0 Å². The van der Waals surface area contributed by atoms with Gasteiger partial charge in [-0.2, -0.15) is 0 Å². The zero-order chi connectivity index (χ0) is 24.4. The largest absolute Gasteiger partial charge is 0.447 e. The lowest BCUT2D eigenvalue weighted by Gasteiger charge is -2.25. The topological polar surface area (TPSA) is 107 Å². The summed E-state index contributed by atoms with van der Waals surface area (Å²) < 4.78 is 40.4. The first-order valence-electron chi connectivity index (χ1n) is 11.1. The van der Waals surface area contributed by atoms with Crippen LogP contribution in [0.15, 0.2) is 29.3 Å². The Hall–Kier alpha value is -2.01. The number of nitrogens with one attached hydrogen (secondary N) is 2. The lowest BCUT2D eigenvalue weighted by molar-refractivity contribution is -0.0124. The van der Waals surface area contributed by atoms with E-state index in [-0.39, 0.29) is 17.1 Å². The molecule has 2 atom stereocenters. The number of nitrogens with zero attached hydrogens (tertiary/aromatic N) is 1. The average Bonchev–Trinajstić information content (AvgIpc) is 3.16. The van der Waals surface area contributed by atoms with E-state index >= 15 is 0 Å². The van der Waals surface area contributed by atoms with Crippen molar-refractivity contribution in [2.75, 3.05) is 11.9 Å². The molecule has 1 amide bonds. The summed E-state index contributed by atoms with van der Waals surface area (Å²) in [6.45, 7) is 11.7. The zero-order valence-corrected chi connectivity index (χ0v) is 21.6. The minimum absolute atomic E-state index is 0.0631. The highest BCUT2D eigenvalue weighted by Crippen LogP contribution is 2.38. The Labute approximate surface area is 200 Å². The number of anilines is 1. The van der Waals surface area contributed by atoms with E-state index in [4.69, 9.17) is 9.47 Å². The Morgan fingerprint density at radius 2 is 2.00 bits per heavy atom. The molecule has 0 saturated carbocycles. The lowest BCUT2D eigenvalue weighted by Crippen LogP contribution is -2.40. The van der Waals surface area contributed by atoms with Gasteiger partial charge in [-0.15, -0.1) is 11.3 Å². The van der Waals surface area contributed by atoms with Crippen LogP contribution in [0.4, 0.5) is 10.5 Å². The van der Waals surface area contributed by atoms with Gasteiger partial charge in [-0.05, 0) is 65.5 Å². The van der Waals surface area contributed by atoms with Crippen LogP contribution in [0.5, 0.6) is 0 Å². The van der Waals surface area contributed by atoms with E-state index in [0.717, 1.165) is 22.7 Å². The number of hydrogen-bond acceptors (Lipinski definition) is 7. The van der Waals surface area contributed by atoms with Crippen LogP contribution in [0, 0.1) is 5.92 Å². The Morgan fingerprint density at radius 3 is 2.61 bits per heavy atom. The number of rotatable bonds is 6. The molecule has 1 saturated heterocycles. The molecule has 33 heavy (non-hydrogen) atoms. The van der Waals surface area contributed by atoms with Crippen LogP contribution >= 0.6 is 11.3 Å². The second kappa shape index (κ2) is 10.1. The molecule has 182 valence electrons. The van der Waals surface area contributed by atoms with Crippen LogP contribution in [0.1, 0.15) is 65.5 Å². The van der Waals surface area contributed by atoms with Crippen LogP contribution in [-0.2, 0) is 19.5 Å². The summed E-state index contributed by atoms with van der Waals surface area (Å²) >= 11 is 1.43. The third kappa shape index (κ3) is 6.99. The van der Waals surface area contributed by atoms with Crippen molar-refractivity contribution < 1.29 is 22.7 Å². The van der Waals surface area contributed by atoms with Crippen LogP contribution < -0.4 is 10.0 Å². The number of aromatic nitrogens is 1. The summed E-state index contributed by atoms with van der Waals surface area (Å²) in [4.78, 5) is 17.4. The molecular formula is C23H33N3O5S2. The fourth-order valence-corrected chi connectivity index (χ4v) is 6.26. The maximum absolute atomic E-state index is 13.3. The monoisotopic (exact) mass is 495 g/mol. The molecule has 1 aromatic heterocycles. The summed E-state index contributed by atoms with van der Waals surface area (Å²) in [5.41, 5.74) is 0.164. The average molecular weight is 496 g/mol. The van der Waals surface area contributed by atoms with Crippen LogP contribution in [0.2, 0.25) is 0 Å². The van der Waals surface area contributed by atoms with Gasteiger partial charge in [0.05, 0.1) is 22.5 Å². The lowest BCUT2D eigenvalue weighted by atomic mass is 10.0. The van der Waals surface area contributed by atoms with Gasteiger partial charge in [0.15, 0.2) is 0 Å². The van der Waals surface area contributed by atoms with E-state index in [1.165, 1.54) is 17.4 Å². The zero-order valence-electron chi connectivity index (χ0n) is 20.0. The van der Waals surface area contributed by atoms with E-state index in [0.29, 0.717) is 23.8 Å². The highest BCUT2D eigenvalue weighted by atomic mass is 32.2. The quantitative estimate of drug-likeness (QED) is 0.561. The third-order valence-electron chi connectivity index (χ3n) is 4.87. The van der Waals surface area contributed by atoms with Gasteiger partial charge in [0.2, 0.25) is 10.0 Å². The number of carbonyl (C=O) groups is 1. The van der Waals surface area contributed by atoms with Gasteiger partial charge in [0.1, 0.15) is 11.1 Å². The molecule has 0 radical (unpaired) electrons. The maximum atomic E-state index is 13.3. The van der Waals surface area contributed by atoms with Gasteiger partial charge >= 0.3 is 6.09 Å². The predicted molar refractivity (Wildman–Crippen MR) is 130 cm³/mol. The van der Waals surface area contributed by atoms with Crippen molar-refractivity contribution in [1.82, 2.24) is 9.71 Å². The van der Waals surface area contributed by atoms with Gasteiger partial charge in [-0.3, -0.25) is 5.32 Å². The molecule has 2 heterocycles. The summed E-state index contributed by atoms with van der Waals surface area (Å²) in [7, 11) is -3.90. The molecule has 0 spiro atoms. The van der Waals surface area contributed by atoms with Crippen LogP contribution in [-0.4, -0.2) is 37.7 Å². The van der Waals surface area contributed by atoms with Crippen molar-refractivity contribution in [1.29, 1.82) is 0 Å². The minimum atomic E-state index is -3.90. The van der Waals surface area contributed by atoms with Crippen molar-refractivity contribution in [3.05, 3.63) is 29.4 Å². The van der Waals surface area contributed by atoms with Crippen molar-refractivity contribution in [2.45, 2.75) is 77.0 Å². The van der Waals surface area contributed by atoms with Gasteiger partial charge in [0.25, 0.3) is 0 Å². The van der Waals surface area contributed by atoms with E-state index in [1.54, 1.807) is 52.9 Å². The number of ether oxygens (including phenoxy) is 2. The first-order chi connectivity index (χ1) is 15.3. The fourth-order valence-electron chi connectivity index (χ4n) is 3.48. The number of thiazole rings is 1. The summed E-state index contributed by atoms with van der Waals surface area (Å²) in [6, 6.07) is 4.79. The van der Waals surface area contributed by atoms with Crippen LogP contribution in [0.25, 0.3) is 10.4 Å². The van der Waals surface area contributed by atoms with Gasteiger partial charge in [-0.1, -0.05) is 13.0 Å². The van der Waals surface area contributed by atoms with E-state index in [2.05, 4.69) is 21.9 Å². The first-order valence-corrected chi connectivity index (χ1v) is 13.4. The highest BCUT2D eigenvalue weighted by Gasteiger charge is 2.28. The SMILES string of the molecule is CC(C)OC(=O)Nc1ccc(-c2cnc([C@H]3CC[C@H](C)CO3)s2)c(S(=O)(=O)NC(C)(C)C)c1. The minimum Gasteiger partial charge on any atom is -0.447 e. The molecule has 1 aromatic carbocycles. The highest BCUT2D eigenvalue weighted by molar-refractivity contribution is 7.89. The van der Waals surface area contributed by atoms with E-state index in [9.17, 15) is 13.2 Å². The molecule has 2 N–H and O–H groups in total. The van der Waals surface area contributed by atoms with E-state index < -0.39 is 21.7 Å². The third-order valence-corrected chi connectivity index (χ3v) is 7.79. The number of hydrogen-bond donors (Lipinski definition) is 2. The normalized spacial score (nSPS) is 19.5. The number of sulfonamides is 1. The number of carbonyl (C=O) groups excluding carboxylic acids is 1. The molecule has 3 rings (SSSR count). The molecule has 10 heteroatoms. The fraction of sp³-hybridized carbons (Fsp3) is 0.565. The van der Waals surface area contributed by atoms with Gasteiger partial charge in [-0.25, -0.2) is 22.9 Å². The second-order valence-corrected chi connectivity index (χ2v) is 12.4. The summed E-state index contributed by atoms with van der Waals surface area (Å²) in [5.74, 6) is 0.531. The first kappa shape index (κ1) is 25.6. The molecule has 1 fully saturated rings. The standard InChI is InChI=1S/C23H33N3O5S2/c1-14(2)31-22(27)25-16-8-9-17(20(11-16)33(28,29)26-23(4,5)6)19-12-24-21(32-19)18-10-7-15(3)13-30-18/h8-9,11-12,14-15,18,26H,7,10,13H2,1-6H3,(H,25,27)/t15-,18+/m0/s1. The molecule has 1 aliphatic heterocycles. The Balaban J connectivity index is 1.97. The van der Waals surface area contributed by atoms with Gasteiger partial charge in [0, 0.05) is 23.0 Å². The summed E-state index contributed by atoms with van der Waals surface area (Å²) in [5, 5.41) is 3.44. The Morgan fingerprint density at radius 1 is 1.27 bits per heavy atom. The van der Waals surface area contributed by atoms with Crippen LogP contribution in [0.3, 0.4) is 0 Å². The molecular weight excluding hydrogens is 462 g/mol. The Bertz CT molecular complexity index is 1080. The number of benzene rings is 1. The van der Waals surface area contributed by atoms with Crippen molar-refractivity contribution in [3.8, 4) is 10.4 Å². The molecule has 1 aliphatic rings. The molecule has 0 unspecified atom stereocenters. The van der Waals surface area contributed by atoms with Gasteiger partial charge < -0.3 is 9.47 Å².